The second kappa shape index (κ2) is 6.58. The highest BCUT2D eigenvalue weighted by Crippen LogP contribution is 2.29. The molecule has 3 rings (SSSR count). The van der Waals surface area contributed by atoms with E-state index >= 15 is 0 Å². The summed E-state index contributed by atoms with van der Waals surface area (Å²) in [4.78, 5) is 17.9. The molecule has 23 heavy (non-hydrogen) atoms. The number of rotatable bonds is 4. The Balaban J connectivity index is 1.80. The van der Waals surface area contributed by atoms with Gasteiger partial charge >= 0.3 is 0 Å². The number of carbonyl (C=O) groups excluding carboxylic acids is 1. The number of thiophene rings is 1. The molecule has 0 saturated carbocycles. The van der Waals surface area contributed by atoms with Crippen molar-refractivity contribution in [3.8, 4) is 16.2 Å². The summed E-state index contributed by atoms with van der Waals surface area (Å²) >= 11 is 1.33. The molecule has 1 aromatic carbocycles. The predicted octanol–water partition coefficient (Wildman–Crippen LogP) is 4.21. The van der Waals surface area contributed by atoms with Crippen LogP contribution in [0.3, 0.4) is 0 Å². The highest BCUT2D eigenvalue weighted by Gasteiger charge is 2.13. The van der Waals surface area contributed by atoms with Crippen LogP contribution in [-0.2, 0) is 0 Å². The molecule has 0 aliphatic carbocycles. The van der Waals surface area contributed by atoms with E-state index in [-0.39, 0.29) is 11.7 Å². The fraction of sp³-hybridized carbons (Fsp3) is 0.0588. The van der Waals surface area contributed by atoms with Crippen LogP contribution in [0.15, 0.2) is 54.7 Å². The van der Waals surface area contributed by atoms with E-state index < -0.39 is 0 Å². The van der Waals surface area contributed by atoms with Crippen molar-refractivity contribution in [2.45, 2.75) is 0 Å². The van der Waals surface area contributed by atoms with Gasteiger partial charge in [-0.15, -0.1) is 11.3 Å². The summed E-state index contributed by atoms with van der Waals surface area (Å²) in [5.74, 6) is 0.318. The molecule has 0 spiro atoms. The van der Waals surface area contributed by atoms with Crippen molar-refractivity contribution in [3.63, 3.8) is 0 Å². The fourth-order valence-electron chi connectivity index (χ4n) is 2.05. The SMILES string of the molecule is COc1cccnc1NC(=O)c1ccc(-c2ccc(F)cc2)s1. The van der Waals surface area contributed by atoms with Crippen LogP contribution in [0.2, 0.25) is 0 Å². The largest absolute Gasteiger partial charge is 0.493 e. The smallest absolute Gasteiger partial charge is 0.267 e. The van der Waals surface area contributed by atoms with Gasteiger partial charge in [-0.05, 0) is 42.0 Å². The van der Waals surface area contributed by atoms with Gasteiger partial charge in [0, 0.05) is 11.1 Å². The second-order valence-corrected chi connectivity index (χ2v) is 5.76. The molecule has 0 aliphatic rings. The quantitative estimate of drug-likeness (QED) is 0.780. The van der Waals surface area contributed by atoms with E-state index in [1.807, 2.05) is 6.07 Å². The summed E-state index contributed by atoms with van der Waals surface area (Å²) in [5.41, 5.74) is 0.867. The maximum absolute atomic E-state index is 13.0. The molecule has 3 aromatic rings. The van der Waals surface area contributed by atoms with Crippen LogP contribution in [-0.4, -0.2) is 18.0 Å². The van der Waals surface area contributed by atoms with Gasteiger partial charge in [-0.1, -0.05) is 12.1 Å². The summed E-state index contributed by atoms with van der Waals surface area (Å²) < 4.78 is 18.1. The van der Waals surface area contributed by atoms with Gasteiger partial charge in [0.05, 0.1) is 12.0 Å². The summed E-state index contributed by atoms with van der Waals surface area (Å²) in [5, 5.41) is 2.73. The average Bonchev–Trinajstić information content (AvgIpc) is 3.06. The first-order valence-corrected chi connectivity index (χ1v) is 7.65. The van der Waals surface area contributed by atoms with Gasteiger partial charge in [-0.25, -0.2) is 9.37 Å². The molecule has 1 amide bonds. The number of hydrogen-bond donors (Lipinski definition) is 1. The summed E-state index contributed by atoms with van der Waals surface area (Å²) in [7, 11) is 1.52. The third-order valence-electron chi connectivity index (χ3n) is 3.18. The van der Waals surface area contributed by atoms with E-state index in [2.05, 4.69) is 10.3 Å². The maximum atomic E-state index is 13.0. The molecule has 0 saturated heterocycles. The molecule has 0 bridgehead atoms. The molecule has 0 atom stereocenters. The number of hydrogen-bond acceptors (Lipinski definition) is 4. The van der Waals surface area contributed by atoms with Crippen LogP contribution in [0.1, 0.15) is 9.67 Å². The number of nitrogens with one attached hydrogen (secondary N) is 1. The van der Waals surface area contributed by atoms with Gasteiger partial charge in [0.15, 0.2) is 11.6 Å². The lowest BCUT2D eigenvalue weighted by Gasteiger charge is -2.07. The van der Waals surface area contributed by atoms with Crippen molar-refractivity contribution in [1.82, 2.24) is 4.98 Å². The van der Waals surface area contributed by atoms with Gasteiger partial charge in [-0.3, -0.25) is 4.79 Å². The highest BCUT2D eigenvalue weighted by atomic mass is 32.1. The second-order valence-electron chi connectivity index (χ2n) is 4.68. The lowest BCUT2D eigenvalue weighted by molar-refractivity contribution is 0.102. The number of halogens is 1. The van der Waals surface area contributed by atoms with Crippen molar-refractivity contribution >= 4 is 23.1 Å². The Morgan fingerprint density at radius 3 is 2.70 bits per heavy atom. The minimum Gasteiger partial charge on any atom is -0.493 e. The van der Waals surface area contributed by atoms with Crippen molar-refractivity contribution in [3.05, 3.63) is 65.4 Å². The van der Waals surface area contributed by atoms with Crippen LogP contribution >= 0.6 is 11.3 Å². The first-order valence-electron chi connectivity index (χ1n) is 6.83. The fourth-order valence-corrected chi connectivity index (χ4v) is 2.95. The molecule has 2 aromatic heterocycles. The van der Waals surface area contributed by atoms with Gasteiger partial charge in [-0.2, -0.15) is 0 Å². The van der Waals surface area contributed by atoms with E-state index in [0.717, 1.165) is 10.4 Å². The number of carbonyl (C=O) groups is 1. The molecule has 0 unspecified atom stereocenters. The number of methoxy groups -OCH3 is 1. The standard InChI is InChI=1S/C17H13FN2O2S/c1-22-13-3-2-10-19-16(13)20-17(21)15-9-8-14(23-15)11-4-6-12(18)7-5-11/h2-10H,1H3,(H,19,20,21). The molecule has 116 valence electrons. The molecular weight excluding hydrogens is 315 g/mol. The van der Waals surface area contributed by atoms with Crippen molar-refractivity contribution in [1.29, 1.82) is 0 Å². The third kappa shape index (κ3) is 3.37. The van der Waals surface area contributed by atoms with Crippen molar-refractivity contribution < 1.29 is 13.9 Å². The number of amides is 1. The van der Waals surface area contributed by atoms with Crippen LogP contribution in [0.4, 0.5) is 10.2 Å². The average molecular weight is 328 g/mol. The normalized spacial score (nSPS) is 10.3. The highest BCUT2D eigenvalue weighted by molar-refractivity contribution is 7.17. The summed E-state index contributed by atoms with van der Waals surface area (Å²) in [6.07, 6.45) is 1.58. The van der Waals surface area contributed by atoms with E-state index in [1.54, 1.807) is 36.5 Å². The van der Waals surface area contributed by atoms with Gasteiger partial charge < -0.3 is 10.1 Å². The number of aromatic nitrogens is 1. The molecule has 6 heteroatoms. The molecule has 0 radical (unpaired) electrons. The van der Waals surface area contributed by atoms with E-state index in [9.17, 15) is 9.18 Å². The zero-order valence-corrected chi connectivity index (χ0v) is 13.1. The van der Waals surface area contributed by atoms with Crippen LogP contribution in [0.5, 0.6) is 5.75 Å². The monoisotopic (exact) mass is 328 g/mol. The topological polar surface area (TPSA) is 51.2 Å². The molecule has 0 fully saturated rings. The van der Waals surface area contributed by atoms with Gasteiger partial charge in [0.1, 0.15) is 5.82 Å². The third-order valence-corrected chi connectivity index (χ3v) is 4.31. The lowest BCUT2D eigenvalue weighted by Crippen LogP contribution is -2.12. The Bertz CT molecular complexity index is 831. The maximum Gasteiger partial charge on any atom is 0.267 e. The van der Waals surface area contributed by atoms with E-state index in [1.165, 1.54) is 30.6 Å². The van der Waals surface area contributed by atoms with Crippen molar-refractivity contribution in [2.75, 3.05) is 12.4 Å². The van der Waals surface area contributed by atoms with Crippen molar-refractivity contribution in [2.24, 2.45) is 0 Å². The number of anilines is 1. The first kappa shape index (κ1) is 15.2. The molecule has 2 heterocycles. The Morgan fingerprint density at radius 1 is 1.17 bits per heavy atom. The molecule has 4 nitrogen and oxygen atoms in total. The van der Waals surface area contributed by atoms with Crippen LogP contribution in [0.25, 0.3) is 10.4 Å². The molecular formula is C17H13FN2O2S. The Hall–Kier alpha value is -2.73. The summed E-state index contributed by atoms with van der Waals surface area (Å²) in [6.45, 7) is 0. The number of pyridine rings is 1. The Labute approximate surface area is 136 Å². The predicted molar refractivity (Wildman–Crippen MR) is 88.5 cm³/mol. The first-order chi connectivity index (χ1) is 11.2. The minimum atomic E-state index is -0.287. The van der Waals surface area contributed by atoms with Crippen LogP contribution < -0.4 is 10.1 Å². The van der Waals surface area contributed by atoms with Crippen LogP contribution in [0, 0.1) is 5.82 Å². The van der Waals surface area contributed by atoms with Gasteiger partial charge in [0.2, 0.25) is 0 Å². The summed E-state index contributed by atoms with van der Waals surface area (Å²) in [6, 6.07) is 13.2. The molecule has 1 N–H and O–H groups in total. The Kier molecular flexibility index (Phi) is 4.34. The zero-order valence-electron chi connectivity index (χ0n) is 12.2. The zero-order chi connectivity index (χ0) is 16.2. The lowest BCUT2D eigenvalue weighted by atomic mass is 10.2. The van der Waals surface area contributed by atoms with E-state index in [0.29, 0.717) is 16.4 Å². The Morgan fingerprint density at radius 2 is 1.96 bits per heavy atom. The van der Waals surface area contributed by atoms with Gasteiger partial charge in [0.25, 0.3) is 5.91 Å². The number of ether oxygens (including phenoxy) is 1. The van der Waals surface area contributed by atoms with E-state index in [4.69, 9.17) is 4.74 Å². The molecule has 0 aliphatic heterocycles. The number of nitrogens with zero attached hydrogens (tertiary/aromatic N) is 1. The minimum absolute atomic E-state index is 0.264. The number of benzene rings is 1.